The first-order valence-corrected chi connectivity index (χ1v) is 9.35. The number of ether oxygens (including phenoxy) is 1. The van der Waals surface area contributed by atoms with Crippen LogP contribution in [0.4, 0.5) is 5.69 Å². The van der Waals surface area contributed by atoms with Crippen molar-refractivity contribution in [1.29, 1.82) is 0 Å². The first-order chi connectivity index (χ1) is 11.8. The van der Waals surface area contributed by atoms with Crippen LogP contribution >= 0.6 is 0 Å². The lowest BCUT2D eigenvalue weighted by Crippen LogP contribution is -2.23. The summed E-state index contributed by atoms with van der Waals surface area (Å²) in [6, 6.07) is 13.3. The summed E-state index contributed by atoms with van der Waals surface area (Å²) in [5.74, 6) is -0.472. The zero-order chi connectivity index (χ0) is 18.4. The van der Waals surface area contributed by atoms with Crippen LogP contribution in [-0.4, -0.2) is 35.1 Å². The molecule has 0 radical (unpaired) electrons. The Balaban J connectivity index is 2.04. The Hall–Kier alpha value is -2.38. The highest BCUT2D eigenvalue weighted by Crippen LogP contribution is 2.14. The number of nitrogens with zero attached hydrogens (tertiary/aromatic N) is 1. The molecule has 134 valence electrons. The Morgan fingerprint density at radius 3 is 2.16 bits per heavy atom. The molecule has 6 nitrogen and oxygen atoms in total. The number of carbonyl (C=O) groups is 1. The lowest BCUT2D eigenvalue weighted by atomic mass is 10.2. The van der Waals surface area contributed by atoms with Crippen LogP contribution in [0.15, 0.2) is 53.4 Å². The maximum absolute atomic E-state index is 12.4. The van der Waals surface area contributed by atoms with E-state index in [1.54, 1.807) is 6.92 Å². The quantitative estimate of drug-likeness (QED) is 0.766. The van der Waals surface area contributed by atoms with Crippen LogP contribution in [0.2, 0.25) is 0 Å². The molecule has 0 aliphatic rings. The fraction of sp³-hybridized carbons (Fsp3) is 0.278. The first kappa shape index (κ1) is 19.0. The molecule has 2 aromatic carbocycles. The van der Waals surface area contributed by atoms with E-state index in [-0.39, 0.29) is 18.0 Å². The van der Waals surface area contributed by atoms with Gasteiger partial charge in [0, 0.05) is 26.3 Å². The van der Waals surface area contributed by atoms with Gasteiger partial charge in [-0.2, -0.15) is 0 Å². The number of nitrogens with one attached hydrogen (secondary N) is 1. The second kappa shape index (κ2) is 8.13. The van der Waals surface area contributed by atoms with Gasteiger partial charge in [0.05, 0.1) is 17.1 Å². The molecule has 7 heteroatoms. The number of rotatable bonds is 7. The maximum atomic E-state index is 12.4. The largest absolute Gasteiger partial charge is 0.462 e. The van der Waals surface area contributed by atoms with Crippen molar-refractivity contribution >= 4 is 21.7 Å². The molecule has 0 bridgehead atoms. The van der Waals surface area contributed by atoms with E-state index in [4.69, 9.17) is 4.74 Å². The molecule has 0 aliphatic carbocycles. The van der Waals surface area contributed by atoms with Crippen molar-refractivity contribution in [3.05, 3.63) is 59.7 Å². The van der Waals surface area contributed by atoms with Gasteiger partial charge >= 0.3 is 5.97 Å². The van der Waals surface area contributed by atoms with E-state index in [0.717, 1.165) is 11.3 Å². The predicted molar refractivity (Wildman–Crippen MR) is 97.2 cm³/mol. The van der Waals surface area contributed by atoms with Crippen LogP contribution in [-0.2, 0) is 21.3 Å². The molecule has 25 heavy (non-hydrogen) atoms. The van der Waals surface area contributed by atoms with Crippen LogP contribution in [0.5, 0.6) is 0 Å². The zero-order valence-electron chi connectivity index (χ0n) is 14.5. The number of anilines is 1. The average molecular weight is 362 g/mol. The standard InChI is InChI=1S/C18H22N2O4S/c1-4-24-18(21)15-7-11-17(12-8-15)25(22,23)19-13-14-5-9-16(10-6-14)20(2)3/h5-12,19H,4,13H2,1-3H3. The Morgan fingerprint density at radius 1 is 1.04 bits per heavy atom. The molecular formula is C18H22N2O4S. The molecule has 0 fully saturated rings. The van der Waals surface area contributed by atoms with E-state index in [0.29, 0.717) is 5.56 Å². The normalized spacial score (nSPS) is 11.2. The van der Waals surface area contributed by atoms with Gasteiger partial charge in [0.25, 0.3) is 0 Å². The smallest absolute Gasteiger partial charge is 0.338 e. The highest BCUT2D eigenvalue weighted by atomic mass is 32.2. The van der Waals surface area contributed by atoms with Crippen molar-refractivity contribution < 1.29 is 17.9 Å². The minimum Gasteiger partial charge on any atom is -0.462 e. The molecule has 0 saturated heterocycles. The van der Waals surface area contributed by atoms with Crippen molar-refractivity contribution in [2.75, 3.05) is 25.6 Å². The second-order valence-electron chi connectivity index (χ2n) is 5.63. The molecule has 2 rings (SSSR count). The monoisotopic (exact) mass is 362 g/mol. The number of esters is 1. The predicted octanol–water partition coefficient (Wildman–Crippen LogP) is 2.41. The molecule has 0 heterocycles. The molecule has 2 aromatic rings. The van der Waals surface area contributed by atoms with Crippen LogP contribution in [0.1, 0.15) is 22.8 Å². The summed E-state index contributed by atoms with van der Waals surface area (Å²) < 4.78 is 32.1. The highest BCUT2D eigenvalue weighted by Gasteiger charge is 2.15. The molecule has 1 N–H and O–H groups in total. The zero-order valence-corrected chi connectivity index (χ0v) is 15.3. The summed E-state index contributed by atoms with van der Waals surface area (Å²) in [5.41, 5.74) is 2.22. The van der Waals surface area contributed by atoms with Crippen molar-refractivity contribution in [2.45, 2.75) is 18.4 Å². The van der Waals surface area contributed by atoms with Gasteiger partial charge in [0.1, 0.15) is 0 Å². The van der Waals surface area contributed by atoms with Gasteiger partial charge < -0.3 is 9.64 Å². The van der Waals surface area contributed by atoms with E-state index < -0.39 is 16.0 Å². The summed E-state index contributed by atoms with van der Waals surface area (Å²) in [5, 5.41) is 0. The highest BCUT2D eigenvalue weighted by molar-refractivity contribution is 7.89. The van der Waals surface area contributed by atoms with E-state index in [1.807, 2.05) is 43.3 Å². The topological polar surface area (TPSA) is 75.7 Å². The van der Waals surface area contributed by atoms with Crippen molar-refractivity contribution in [3.8, 4) is 0 Å². The van der Waals surface area contributed by atoms with Crippen LogP contribution in [0.25, 0.3) is 0 Å². The van der Waals surface area contributed by atoms with Gasteiger partial charge in [0.2, 0.25) is 10.0 Å². The number of hydrogen-bond acceptors (Lipinski definition) is 5. The minimum atomic E-state index is -3.65. The molecule has 0 saturated carbocycles. The third kappa shape index (κ3) is 5.04. The Morgan fingerprint density at radius 2 is 1.64 bits per heavy atom. The number of benzene rings is 2. The maximum Gasteiger partial charge on any atom is 0.338 e. The van der Waals surface area contributed by atoms with E-state index >= 15 is 0 Å². The van der Waals surface area contributed by atoms with Gasteiger partial charge in [-0.25, -0.2) is 17.9 Å². The first-order valence-electron chi connectivity index (χ1n) is 7.86. The summed E-state index contributed by atoms with van der Waals surface area (Å²) in [6.07, 6.45) is 0. The molecule has 0 spiro atoms. The molecule has 0 aliphatic heterocycles. The third-order valence-corrected chi connectivity index (χ3v) is 5.01. The average Bonchev–Trinajstić information content (AvgIpc) is 2.61. The molecular weight excluding hydrogens is 340 g/mol. The second-order valence-corrected chi connectivity index (χ2v) is 7.40. The van der Waals surface area contributed by atoms with Gasteiger partial charge in [-0.15, -0.1) is 0 Å². The number of sulfonamides is 1. The van der Waals surface area contributed by atoms with Crippen LogP contribution in [0, 0.1) is 0 Å². The van der Waals surface area contributed by atoms with Gasteiger partial charge in [0.15, 0.2) is 0 Å². The molecule has 0 unspecified atom stereocenters. The van der Waals surface area contributed by atoms with E-state index in [1.165, 1.54) is 24.3 Å². The van der Waals surface area contributed by atoms with Gasteiger partial charge in [-0.05, 0) is 48.9 Å². The summed E-state index contributed by atoms with van der Waals surface area (Å²) in [7, 11) is 0.232. The van der Waals surface area contributed by atoms with Gasteiger partial charge in [-0.3, -0.25) is 0 Å². The molecule has 0 amide bonds. The SMILES string of the molecule is CCOC(=O)c1ccc(S(=O)(=O)NCc2ccc(N(C)C)cc2)cc1. The Labute approximate surface area is 148 Å². The van der Waals surface area contributed by atoms with Crippen molar-refractivity contribution in [2.24, 2.45) is 0 Å². The van der Waals surface area contributed by atoms with Crippen LogP contribution in [0.3, 0.4) is 0 Å². The molecule has 0 atom stereocenters. The molecule has 0 aromatic heterocycles. The third-order valence-electron chi connectivity index (χ3n) is 3.59. The lowest BCUT2D eigenvalue weighted by molar-refractivity contribution is 0.0526. The Kier molecular flexibility index (Phi) is 6.17. The van der Waals surface area contributed by atoms with E-state index in [9.17, 15) is 13.2 Å². The van der Waals surface area contributed by atoms with Crippen molar-refractivity contribution in [1.82, 2.24) is 4.72 Å². The number of hydrogen-bond donors (Lipinski definition) is 1. The minimum absolute atomic E-state index is 0.102. The van der Waals surface area contributed by atoms with Gasteiger partial charge in [-0.1, -0.05) is 12.1 Å². The summed E-state index contributed by atoms with van der Waals surface area (Å²) in [4.78, 5) is 13.7. The summed E-state index contributed by atoms with van der Waals surface area (Å²) in [6.45, 7) is 2.18. The van der Waals surface area contributed by atoms with Crippen LogP contribution < -0.4 is 9.62 Å². The Bertz CT molecular complexity index is 813. The van der Waals surface area contributed by atoms with E-state index in [2.05, 4.69) is 4.72 Å². The lowest BCUT2D eigenvalue weighted by Gasteiger charge is -2.13. The fourth-order valence-electron chi connectivity index (χ4n) is 2.16. The summed E-state index contributed by atoms with van der Waals surface area (Å²) >= 11 is 0. The number of carbonyl (C=O) groups excluding carboxylic acids is 1. The van der Waals surface area contributed by atoms with Crippen molar-refractivity contribution in [3.63, 3.8) is 0 Å². The fourth-order valence-corrected chi connectivity index (χ4v) is 3.18.